The second-order valence-electron chi connectivity index (χ2n) is 8.00. The molecule has 2 aromatic rings. The number of carbonyl (C=O) groups is 2. The molecule has 9 heteroatoms. The number of benzene rings is 1. The molecule has 2 heterocycles. The van der Waals surface area contributed by atoms with Gasteiger partial charge in [0.15, 0.2) is 0 Å². The van der Waals surface area contributed by atoms with Crippen LogP contribution in [-0.4, -0.2) is 27.0 Å². The van der Waals surface area contributed by atoms with Crippen molar-refractivity contribution in [1.82, 2.24) is 9.97 Å². The normalized spacial score (nSPS) is 22.3. The molecule has 1 aliphatic carbocycles. The van der Waals surface area contributed by atoms with Crippen molar-refractivity contribution in [3.05, 3.63) is 77.3 Å². The summed E-state index contributed by atoms with van der Waals surface area (Å²) in [6.45, 7) is 3.51. The lowest BCUT2D eigenvalue weighted by Gasteiger charge is -2.32. The van der Waals surface area contributed by atoms with Crippen LogP contribution in [0.15, 0.2) is 60.6 Å². The van der Waals surface area contributed by atoms with Crippen LogP contribution in [0.2, 0.25) is 0 Å². The van der Waals surface area contributed by atoms with Gasteiger partial charge in [-0.3, -0.25) is 9.69 Å². The van der Waals surface area contributed by atoms with Crippen LogP contribution < -0.4 is 4.90 Å². The van der Waals surface area contributed by atoms with Crippen molar-refractivity contribution < 1.29 is 27.9 Å². The highest BCUT2D eigenvalue weighted by Gasteiger charge is 2.55. The van der Waals surface area contributed by atoms with Crippen LogP contribution in [0.4, 0.5) is 19.1 Å². The summed E-state index contributed by atoms with van der Waals surface area (Å²) in [5.74, 6) is -2.64. The number of rotatable bonds is 3. The molecule has 0 saturated carbocycles. The minimum Gasteiger partial charge on any atom is -0.478 e. The van der Waals surface area contributed by atoms with Gasteiger partial charge in [-0.25, -0.2) is 14.8 Å². The Hall–Kier alpha value is -3.49. The maximum atomic E-state index is 13.3. The zero-order valence-corrected chi connectivity index (χ0v) is 16.6. The first kappa shape index (κ1) is 20.8. The van der Waals surface area contributed by atoms with Gasteiger partial charge in [0.2, 0.25) is 11.9 Å². The van der Waals surface area contributed by atoms with Crippen LogP contribution in [0, 0.1) is 11.3 Å². The molecule has 1 aromatic carbocycles. The first-order valence-electron chi connectivity index (χ1n) is 9.48. The lowest BCUT2D eigenvalue weighted by molar-refractivity contribution is -0.138. The SMILES string of the molecule is CC1(C)C(=O)N(c2ncccn2)C2=CC=CC(c3ccc(C(F)(F)F)c(C(=O)O)c3)C21. The third-order valence-corrected chi connectivity index (χ3v) is 5.77. The Labute approximate surface area is 175 Å². The van der Waals surface area contributed by atoms with E-state index in [0.29, 0.717) is 11.3 Å². The molecule has 1 amide bonds. The third-order valence-electron chi connectivity index (χ3n) is 5.77. The Kier molecular flexibility index (Phi) is 4.72. The Morgan fingerprint density at radius 2 is 1.87 bits per heavy atom. The van der Waals surface area contributed by atoms with Crippen molar-refractivity contribution >= 4 is 17.8 Å². The average molecular weight is 429 g/mol. The van der Waals surface area contributed by atoms with E-state index < -0.39 is 40.5 Å². The van der Waals surface area contributed by atoms with E-state index in [2.05, 4.69) is 9.97 Å². The van der Waals surface area contributed by atoms with Crippen molar-refractivity contribution in [1.29, 1.82) is 0 Å². The van der Waals surface area contributed by atoms with Crippen LogP contribution in [0.25, 0.3) is 0 Å². The number of aromatic carboxylic acids is 1. The van der Waals surface area contributed by atoms with Gasteiger partial charge >= 0.3 is 12.1 Å². The molecule has 0 bridgehead atoms. The van der Waals surface area contributed by atoms with Crippen LogP contribution in [0.5, 0.6) is 0 Å². The van der Waals surface area contributed by atoms with Crippen molar-refractivity contribution in [3.8, 4) is 0 Å². The van der Waals surface area contributed by atoms with Crippen LogP contribution in [-0.2, 0) is 11.0 Å². The Balaban J connectivity index is 1.82. The van der Waals surface area contributed by atoms with Crippen molar-refractivity contribution in [2.75, 3.05) is 4.90 Å². The summed E-state index contributed by atoms with van der Waals surface area (Å²) in [6.07, 6.45) is 3.48. The largest absolute Gasteiger partial charge is 0.478 e. The number of carboxylic acids is 1. The molecule has 1 N–H and O–H groups in total. The molecule has 160 valence electrons. The summed E-state index contributed by atoms with van der Waals surface area (Å²) in [4.78, 5) is 34.6. The van der Waals surface area contributed by atoms with E-state index in [4.69, 9.17) is 0 Å². The smallest absolute Gasteiger partial charge is 0.417 e. The third kappa shape index (κ3) is 3.30. The molecule has 4 rings (SSSR count). The summed E-state index contributed by atoms with van der Waals surface area (Å²) in [6, 6.07) is 4.73. The number of carbonyl (C=O) groups excluding carboxylic acids is 1. The number of alkyl halides is 3. The molecule has 2 unspecified atom stereocenters. The second-order valence-corrected chi connectivity index (χ2v) is 8.00. The van der Waals surface area contributed by atoms with E-state index in [9.17, 15) is 27.9 Å². The van der Waals surface area contributed by atoms with Crippen LogP contribution in [0.1, 0.15) is 41.3 Å². The topological polar surface area (TPSA) is 83.4 Å². The van der Waals surface area contributed by atoms with Gasteiger partial charge in [-0.2, -0.15) is 13.2 Å². The van der Waals surface area contributed by atoms with Gasteiger partial charge in [0.05, 0.1) is 16.5 Å². The number of amides is 1. The second kappa shape index (κ2) is 7.04. The molecular formula is C22H18F3N3O3. The number of fused-ring (bicyclic) bond motifs is 1. The quantitative estimate of drug-likeness (QED) is 0.781. The fourth-order valence-corrected chi connectivity index (χ4v) is 4.35. The lowest BCUT2D eigenvalue weighted by Crippen LogP contribution is -2.33. The van der Waals surface area contributed by atoms with Gasteiger partial charge in [-0.05, 0) is 29.8 Å². The van der Waals surface area contributed by atoms with Gasteiger partial charge in [0.25, 0.3) is 0 Å². The lowest BCUT2D eigenvalue weighted by atomic mass is 9.68. The predicted octanol–water partition coefficient (Wildman–Crippen LogP) is 4.42. The monoisotopic (exact) mass is 429 g/mol. The molecular weight excluding hydrogens is 411 g/mol. The summed E-state index contributed by atoms with van der Waals surface area (Å²) < 4.78 is 39.8. The van der Waals surface area contributed by atoms with E-state index in [0.717, 1.165) is 12.1 Å². The number of aromatic nitrogens is 2. The minimum atomic E-state index is -4.79. The summed E-state index contributed by atoms with van der Waals surface area (Å²) in [7, 11) is 0. The number of halogens is 3. The van der Waals surface area contributed by atoms with E-state index in [1.165, 1.54) is 23.4 Å². The highest BCUT2D eigenvalue weighted by molar-refractivity contribution is 6.03. The highest BCUT2D eigenvalue weighted by atomic mass is 19.4. The number of nitrogens with zero attached hydrogens (tertiary/aromatic N) is 3. The van der Waals surface area contributed by atoms with Crippen molar-refractivity contribution in [3.63, 3.8) is 0 Å². The maximum absolute atomic E-state index is 13.3. The first-order chi connectivity index (χ1) is 14.5. The minimum absolute atomic E-state index is 0.210. The van der Waals surface area contributed by atoms with E-state index in [-0.39, 0.29) is 11.9 Å². The van der Waals surface area contributed by atoms with Crippen LogP contribution in [0.3, 0.4) is 0 Å². The van der Waals surface area contributed by atoms with E-state index >= 15 is 0 Å². The fraction of sp³-hybridized carbons (Fsp3) is 0.273. The number of anilines is 1. The molecule has 2 atom stereocenters. The molecule has 31 heavy (non-hydrogen) atoms. The number of hydrogen-bond donors (Lipinski definition) is 1. The maximum Gasteiger partial charge on any atom is 0.417 e. The zero-order valence-electron chi connectivity index (χ0n) is 16.6. The summed E-state index contributed by atoms with van der Waals surface area (Å²) in [5.41, 5.74) is -1.95. The van der Waals surface area contributed by atoms with Gasteiger partial charge in [0.1, 0.15) is 0 Å². The number of allylic oxidation sites excluding steroid dienone is 4. The predicted molar refractivity (Wildman–Crippen MR) is 105 cm³/mol. The first-order valence-corrected chi connectivity index (χ1v) is 9.48. The molecule has 6 nitrogen and oxygen atoms in total. The fourth-order valence-electron chi connectivity index (χ4n) is 4.35. The number of hydrogen-bond acceptors (Lipinski definition) is 4. The Morgan fingerprint density at radius 1 is 1.19 bits per heavy atom. The highest BCUT2D eigenvalue weighted by Crippen LogP contribution is 2.53. The average Bonchev–Trinajstić information content (AvgIpc) is 2.93. The van der Waals surface area contributed by atoms with E-state index in [1.807, 2.05) is 0 Å². The molecule has 1 aromatic heterocycles. The van der Waals surface area contributed by atoms with Gasteiger partial charge in [-0.15, -0.1) is 0 Å². The molecule has 1 fully saturated rings. The molecule has 1 aliphatic heterocycles. The van der Waals surface area contributed by atoms with Crippen LogP contribution >= 0.6 is 0 Å². The molecule has 1 saturated heterocycles. The van der Waals surface area contributed by atoms with Gasteiger partial charge in [0, 0.05) is 29.9 Å². The number of carboxylic acid groups (broad SMARTS) is 1. The van der Waals surface area contributed by atoms with E-state index in [1.54, 1.807) is 38.1 Å². The van der Waals surface area contributed by atoms with Gasteiger partial charge in [-0.1, -0.05) is 32.1 Å². The molecule has 2 aliphatic rings. The summed E-state index contributed by atoms with van der Waals surface area (Å²) >= 11 is 0. The standard InChI is InChI=1S/C22H18F3N3O3/c1-21(2)17-13(12-7-8-15(22(23,24)25)14(11-12)18(29)30)5-3-6-16(17)28(19(21)31)20-26-9-4-10-27-20/h3-11,13,17H,1-2H3,(H,29,30). The summed E-state index contributed by atoms with van der Waals surface area (Å²) in [5, 5.41) is 9.37. The zero-order chi connectivity index (χ0) is 22.6. The van der Waals surface area contributed by atoms with Gasteiger partial charge < -0.3 is 5.11 Å². The molecule has 0 radical (unpaired) electrons. The van der Waals surface area contributed by atoms with Crippen molar-refractivity contribution in [2.45, 2.75) is 25.9 Å². The Bertz CT molecular complexity index is 1120. The van der Waals surface area contributed by atoms with Crippen molar-refractivity contribution in [2.24, 2.45) is 11.3 Å². The Morgan fingerprint density at radius 3 is 2.48 bits per heavy atom. The molecule has 0 spiro atoms.